The van der Waals surface area contributed by atoms with Gasteiger partial charge in [0.2, 0.25) is 0 Å². The van der Waals surface area contributed by atoms with E-state index in [0.717, 1.165) is 89.0 Å². The highest BCUT2D eigenvalue weighted by atomic mass is 28.3. The third kappa shape index (κ3) is 12.7. The molecule has 0 aliphatic heterocycles. The van der Waals surface area contributed by atoms with Crippen LogP contribution in [0.1, 0.15) is 56.3 Å². The third-order valence-corrected chi connectivity index (χ3v) is 13.2. The average molecular weight is 923 g/mol. The zero-order chi connectivity index (χ0) is 48.3. The highest BCUT2D eigenvalue weighted by Crippen LogP contribution is 2.40. The summed E-state index contributed by atoms with van der Waals surface area (Å²) in [6, 6.07) is 52.9. The first-order chi connectivity index (χ1) is 32.7. The van der Waals surface area contributed by atoms with Crippen LogP contribution in [0.4, 0.5) is 0 Å². The molecule has 0 aromatic heterocycles. The van der Waals surface area contributed by atoms with Crippen molar-refractivity contribution in [1.29, 1.82) is 0 Å². The second-order valence-corrected chi connectivity index (χ2v) is 28.6. The molecule has 0 aliphatic rings. The van der Waals surface area contributed by atoms with E-state index in [1.54, 1.807) is 0 Å². The van der Waals surface area contributed by atoms with Crippen molar-refractivity contribution in [3.05, 3.63) is 202 Å². The Bertz CT molecular complexity index is 2890. The first-order valence-corrected chi connectivity index (χ1v) is 30.1. The Morgan fingerprint density at radius 1 is 0.324 bits per heavy atom. The van der Waals surface area contributed by atoms with Crippen LogP contribution in [-0.2, 0) is 0 Å². The molecule has 338 valence electrons. The van der Waals surface area contributed by atoms with Crippen LogP contribution in [0.5, 0.6) is 0 Å². The summed E-state index contributed by atoms with van der Waals surface area (Å²) in [6.45, 7) is 12.8. The maximum absolute atomic E-state index is 10.2. The van der Waals surface area contributed by atoms with Gasteiger partial charge in [0.05, 0.1) is 26.4 Å². The molecular weight excluding hydrogens is 865 g/mol. The summed E-state index contributed by atoms with van der Waals surface area (Å²) in [5.41, 5.74) is 22.1. The van der Waals surface area contributed by atoms with Gasteiger partial charge in [-0.25, -0.2) is 0 Å². The minimum Gasteiger partial charge on any atom is -0.396 e. The molecule has 0 unspecified atom stereocenters. The van der Waals surface area contributed by atoms with Crippen molar-refractivity contribution in [2.24, 2.45) is 0 Å². The Morgan fingerprint density at radius 3 is 0.838 bits per heavy atom. The van der Waals surface area contributed by atoms with Crippen LogP contribution < -0.4 is 0 Å². The fourth-order valence-corrected chi connectivity index (χ4v) is 8.85. The molecule has 0 bridgehead atoms. The van der Waals surface area contributed by atoms with E-state index in [2.05, 4.69) is 171 Å². The van der Waals surface area contributed by atoms with Crippen molar-refractivity contribution in [3.8, 4) is 91.1 Å². The lowest BCUT2D eigenvalue weighted by molar-refractivity contribution is 0.192. The van der Waals surface area contributed by atoms with Crippen molar-refractivity contribution >= 4 is 16.1 Å². The van der Waals surface area contributed by atoms with Crippen LogP contribution >= 0.6 is 0 Å². The maximum atomic E-state index is 10.2. The van der Waals surface area contributed by atoms with Gasteiger partial charge in [-0.2, -0.15) is 0 Å². The molecule has 6 heteroatoms. The van der Waals surface area contributed by atoms with Crippen molar-refractivity contribution < 1.29 is 20.4 Å². The molecule has 0 amide bonds. The molecule has 0 atom stereocenters. The van der Waals surface area contributed by atoms with Gasteiger partial charge in [-0.3, -0.25) is 0 Å². The predicted octanol–water partition coefficient (Wildman–Crippen LogP) is 11.7. The molecule has 0 saturated heterocycles. The summed E-state index contributed by atoms with van der Waals surface area (Å²) < 4.78 is 0. The second-order valence-electron chi connectivity index (χ2n) is 19.1. The SMILES string of the molecule is C[Si](C)(C)C#Cc1ccc(-c2cccc(C(CO)CO)c2-c2ccc(C#Cc3ccc(C#Cc4ccc(-c5c(-c6ccc(C#C[Si](C)(C)C)cc6)cccc5C(CO)CO)cc4)cc3)cc2)cc1. The summed E-state index contributed by atoms with van der Waals surface area (Å²) in [5.74, 6) is 19.0. The number of aliphatic hydroxyl groups excluding tert-OH is 4. The molecule has 0 fully saturated rings. The molecule has 68 heavy (non-hydrogen) atoms. The summed E-state index contributed by atoms with van der Waals surface area (Å²) >= 11 is 0. The summed E-state index contributed by atoms with van der Waals surface area (Å²) in [7, 11) is -3.01. The monoisotopic (exact) mass is 922 g/mol. The van der Waals surface area contributed by atoms with Gasteiger partial charge < -0.3 is 20.4 Å². The van der Waals surface area contributed by atoms with Crippen LogP contribution in [0.3, 0.4) is 0 Å². The third-order valence-electron chi connectivity index (χ3n) is 11.4. The van der Waals surface area contributed by atoms with E-state index in [4.69, 9.17) is 0 Å². The zero-order valence-corrected chi connectivity index (χ0v) is 41.8. The highest BCUT2D eigenvalue weighted by molar-refractivity contribution is 6.84. The quantitative estimate of drug-likeness (QED) is 0.0814. The second kappa shape index (κ2) is 22.2. The normalized spacial score (nSPS) is 11.1. The lowest BCUT2D eigenvalue weighted by Crippen LogP contribution is -2.16. The van der Waals surface area contributed by atoms with Gasteiger partial charge in [-0.1, -0.05) is 160 Å². The largest absolute Gasteiger partial charge is 0.396 e. The molecule has 0 heterocycles. The Kier molecular flexibility index (Phi) is 16.0. The first kappa shape index (κ1) is 49.0. The number of rotatable bonds is 10. The molecule has 4 nitrogen and oxygen atoms in total. The van der Waals surface area contributed by atoms with E-state index in [0.29, 0.717) is 0 Å². The molecule has 7 rings (SSSR count). The first-order valence-electron chi connectivity index (χ1n) is 23.1. The van der Waals surface area contributed by atoms with E-state index in [-0.39, 0.29) is 26.4 Å². The number of hydrogen-bond acceptors (Lipinski definition) is 4. The lowest BCUT2D eigenvalue weighted by Gasteiger charge is -2.20. The molecule has 0 aliphatic carbocycles. The van der Waals surface area contributed by atoms with Gasteiger partial charge in [0.25, 0.3) is 0 Å². The van der Waals surface area contributed by atoms with Crippen molar-refractivity contribution in [2.45, 2.75) is 51.1 Å². The van der Waals surface area contributed by atoms with Gasteiger partial charge >= 0.3 is 0 Å². The van der Waals surface area contributed by atoms with Crippen molar-refractivity contribution in [3.63, 3.8) is 0 Å². The molecule has 0 saturated carbocycles. The molecule has 7 aromatic rings. The Balaban J connectivity index is 1.08. The minimum atomic E-state index is -1.51. The van der Waals surface area contributed by atoms with Gasteiger partial charge in [-0.15, -0.1) is 11.1 Å². The Morgan fingerprint density at radius 2 is 0.574 bits per heavy atom. The van der Waals surface area contributed by atoms with Crippen molar-refractivity contribution in [2.75, 3.05) is 26.4 Å². The fourth-order valence-electron chi connectivity index (χ4n) is 7.81. The molecule has 4 N–H and O–H groups in total. The van der Waals surface area contributed by atoms with Crippen molar-refractivity contribution in [1.82, 2.24) is 0 Å². The molecular formula is C62H58O4Si2. The average Bonchev–Trinajstić information content (AvgIpc) is 3.35. The van der Waals surface area contributed by atoms with Gasteiger partial charge in [-0.05, 0) is 128 Å². The standard InChI is InChI=1S/C62H58O4Si2/c1-67(2,3)39-37-49-21-29-51(30-22-49)57-9-7-11-59(55(41-63)42-64)61(57)53-33-25-47(26-34-53)19-17-45-13-15-46(16-14-45)18-20-48-27-35-54(36-28-48)62-58(10-8-12-60(62)56(43-65)44-66)52-31-23-50(24-32-52)38-40-68(4,5)6/h7-16,21-36,55-56,63-66H,41-44H2,1-6H3. The topological polar surface area (TPSA) is 80.9 Å². The van der Waals surface area contributed by atoms with Crippen LogP contribution in [-0.4, -0.2) is 63.0 Å². The highest BCUT2D eigenvalue weighted by Gasteiger charge is 2.21. The summed E-state index contributed by atoms with van der Waals surface area (Å²) in [4.78, 5) is 0. The molecule has 0 spiro atoms. The van der Waals surface area contributed by atoms with Crippen LogP contribution in [0.15, 0.2) is 158 Å². The van der Waals surface area contributed by atoms with Gasteiger partial charge in [0.1, 0.15) is 16.1 Å². The van der Waals surface area contributed by atoms with Crippen LogP contribution in [0, 0.1) is 46.6 Å². The van der Waals surface area contributed by atoms with E-state index in [1.807, 2.05) is 72.8 Å². The smallest absolute Gasteiger partial charge is 0.129 e. The summed E-state index contributed by atoms with van der Waals surface area (Å²) in [6.07, 6.45) is 0. The number of hydrogen-bond donors (Lipinski definition) is 4. The number of aliphatic hydroxyl groups is 4. The maximum Gasteiger partial charge on any atom is 0.129 e. The van der Waals surface area contributed by atoms with E-state index < -0.39 is 28.0 Å². The van der Waals surface area contributed by atoms with E-state index in [9.17, 15) is 20.4 Å². The zero-order valence-electron chi connectivity index (χ0n) is 39.8. The van der Waals surface area contributed by atoms with Gasteiger partial charge in [0, 0.05) is 45.2 Å². The predicted molar refractivity (Wildman–Crippen MR) is 287 cm³/mol. The van der Waals surface area contributed by atoms with Crippen LogP contribution in [0.2, 0.25) is 39.3 Å². The van der Waals surface area contributed by atoms with Crippen LogP contribution in [0.25, 0.3) is 44.5 Å². The van der Waals surface area contributed by atoms with E-state index in [1.165, 1.54) is 0 Å². The van der Waals surface area contributed by atoms with Gasteiger partial charge in [0.15, 0.2) is 0 Å². The Hall–Kier alpha value is -6.95. The number of benzene rings is 7. The Labute approximate surface area is 405 Å². The van der Waals surface area contributed by atoms with E-state index >= 15 is 0 Å². The molecule has 0 radical (unpaired) electrons. The summed E-state index contributed by atoms with van der Waals surface area (Å²) in [5, 5.41) is 40.9. The lowest BCUT2D eigenvalue weighted by atomic mass is 9.85. The minimum absolute atomic E-state index is 0.165. The molecule has 7 aromatic carbocycles. The fraction of sp³-hybridized carbons (Fsp3) is 0.194.